The van der Waals surface area contributed by atoms with Crippen molar-refractivity contribution in [2.75, 3.05) is 19.2 Å². The van der Waals surface area contributed by atoms with Crippen LogP contribution in [0.4, 0.5) is 5.69 Å². The number of ether oxygens (including phenoxy) is 3. The van der Waals surface area contributed by atoms with Crippen LogP contribution in [0.2, 0.25) is 0 Å². The Balaban J connectivity index is 1.56. The van der Waals surface area contributed by atoms with Crippen LogP contribution >= 0.6 is 0 Å². The minimum atomic E-state index is 0.291. The van der Waals surface area contributed by atoms with E-state index in [4.69, 9.17) is 14.2 Å². The van der Waals surface area contributed by atoms with Gasteiger partial charge in [-0.25, -0.2) is 0 Å². The summed E-state index contributed by atoms with van der Waals surface area (Å²) in [6.07, 6.45) is 0. The van der Waals surface area contributed by atoms with E-state index in [2.05, 4.69) is 29.6 Å². The Morgan fingerprint density at radius 1 is 0.880 bits per heavy atom. The van der Waals surface area contributed by atoms with E-state index in [1.54, 1.807) is 7.11 Å². The Morgan fingerprint density at radius 3 is 2.56 bits per heavy atom. The number of hydrogen-bond acceptors (Lipinski definition) is 4. The van der Waals surface area contributed by atoms with Crippen molar-refractivity contribution in [3.05, 3.63) is 72.3 Å². The minimum absolute atomic E-state index is 0.291. The zero-order valence-electron chi connectivity index (χ0n) is 14.0. The maximum absolute atomic E-state index is 5.49. The van der Waals surface area contributed by atoms with Crippen molar-refractivity contribution in [2.45, 2.75) is 6.54 Å². The predicted octanol–water partition coefficient (Wildman–Crippen LogP) is 4.70. The first-order valence-electron chi connectivity index (χ1n) is 8.19. The second kappa shape index (κ2) is 6.77. The van der Waals surface area contributed by atoms with E-state index in [9.17, 15) is 0 Å². The van der Waals surface area contributed by atoms with E-state index in [0.29, 0.717) is 13.3 Å². The molecule has 4 heteroatoms. The third-order valence-electron chi connectivity index (χ3n) is 4.23. The summed E-state index contributed by atoms with van der Waals surface area (Å²) in [5.41, 5.74) is 4.41. The van der Waals surface area contributed by atoms with E-state index < -0.39 is 0 Å². The van der Waals surface area contributed by atoms with E-state index in [0.717, 1.165) is 34.1 Å². The fraction of sp³-hybridized carbons (Fsp3) is 0.143. The third kappa shape index (κ3) is 3.24. The van der Waals surface area contributed by atoms with Gasteiger partial charge in [-0.1, -0.05) is 42.5 Å². The lowest BCUT2D eigenvalue weighted by atomic mass is 10.0. The van der Waals surface area contributed by atoms with Gasteiger partial charge in [-0.05, 0) is 41.0 Å². The van der Waals surface area contributed by atoms with Gasteiger partial charge in [0.15, 0.2) is 11.5 Å². The second-order valence-corrected chi connectivity index (χ2v) is 5.82. The molecule has 0 aliphatic carbocycles. The smallest absolute Gasteiger partial charge is 0.231 e. The molecule has 0 spiro atoms. The first-order valence-corrected chi connectivity index (χ1v) is 8.19. The van der Waals surface area contributed by atoms with Crippen LogP contribution < -0.4 is 19.5 Å². The Hall–Kier alpha value is -3.14. The lowest BCUT2D eigenvalue weighted by molar-refractivity contribution is 0.174. The fourth-order valence-corrected chi connectivity index (χ4v) is 2.90. The van der Waals surface area contributed by atoms with Crippen LogP contribution in [0, 0.1) is 0 Å². The predicted molar refractivity (Wildman–Crippen MR) is 98.3 cm³/mol. The van der Waals surface area contributed by atoms with Crippen molar-refractivity contribution in [1.29, 1.82) is 0 Å². The number of hydrogen-bond donors (Lipinski definition) is 1. The average Bonchev–Trinajstić information content (AvgIpc) is 3.14. The molecule has 4 nitrogen and oxygen atoms in total. The molecule has 1 aliphatic heterocycles. The lowest BCUT2D eigenvalue weighted by Gasteiger charge is -2.13. The van der Waals surface area contributed by atoms with Crippen LogP contribution in [0.3, 0.4) is 0 Å². The number of methoxy groups -OCH3 is 1. The maximum Gasteiger partial charge on any atom is 0.231 e. The highest BCUT2D eigenvalue weighted by molar-refractivity contribution is 5.72. The van der Waals surface area contributed by atoms with Gasteiger partial charge in [-0.3, -0.25) is 0 Å². The van der Waals surface area contributed by atoms with Crippen LogP contribution in [-0.2, 0) is 6.54 Å². The molecule has 126 valence electrons. The molecule has 25 heavy (non-hydrogen) atoms. The molecule has 0 atom stereocenters. The van der Waals surface area contributed by atoms with Gasteiger partial charge in [0.05, 0.1) is 12.8 Å². The Bertz CT molecular complexity index is 878. The van der Waals surface area contributed by atoms with E-state index in [1.165, 1.54) is 5.56 Å². The third-order valence-corrected chi connectivity index (χ3v) is 4.23. The molecule has 3 aromatic carbocycles. The summed E-state index contributed by atoms with van der Waals surface area (Å²) in [4.78, 5) is 0. The molecule has 1 N–H and O–H groups in total. The first-order chi connectivity index (χ1) is 12.3. The molecule has 1 aliphatic rings. The van der Waals surface area contributed by atoms with Crippen LogP contribution in [0.1, 0.15) is 5.56 Å². The largest absolute Gasteiger partial charge is 0.495 e. The molecule has 0 unspecified atom stereocenters. The van der Waals surface area contributed by atoms with Gasteiger partial charge in [0.25, 0.3) is 0 Å². The quantitative estimate of drug-likeness (QED) is 0.734. The topological polar surface area (TPSA) is 39.7 Å². The molecule has 1 heterocycles. The highest BCUT2D eigenvalue weighted by Gasteiger charge is 2.13. The highest BCUT2D eigenvalue weighted by atomic mass is 16.7. The molecule has 0 radical (unpaired) electrons. The summed E-state index contributed by atoms with van der Waals surface area (Å²) in [5.74, 6) is 2.41. The van der Waals surface area contributed by atoms with Crippen LogP contribution in [0.15, 0.2) is 66.7 Å². The number of benzene rings is 3. The first kappa shape index (κ1) is 15.4. The number of nitrogens with one attached hydrogen (secondary N) is 1. The number of rotatable bonds is 5. The lowest BCUT2D eigenvalue weighted by Crippen LogP contribution is -2.01. The van der Waals surface area contributed by atoms with Crippen molar-refractivity contribution in [3.63, 3.8) is 0 Å². The average molecular weight is 333 g/mol. The van der Waals surface area contributed by atoms with Crippen molar-refractivity contribution in [2.24, 2.45) is 0 Å². The molecule has 0 fully saturated rings. The molecule has 3 aromatic rings. The minimum Gasteiger partial charge on any atom is -0.495 e. The summed E-state index contributed by atoms with van der Waals surface area (Å²) in [7, 11) is 1.68. The van der Waals surface area contributed by atoms with E-state index >= 15 is 0 Å². The summed E-state index contributed by atoms with van der Waals surface area (Å²) in [6, 6.07) is 22.5. The SMILES string of the molecule is COc1ccc(-c2ccccc2)cc1NCc1ccc2c(c1)OCO2. The molecular weight excluding hydrogens is 314 g/mol. The summed E-state index contributed by atoms with van der Waals surface area (Å²) >= 11 is 0. The van der Waals surface area contributed by atoms with Gasteiger partial charge in [0, 0.05) is 6.54 Å². The highest BCUT2D eigenvalue weighted by Crippen LogP contribution is 2.34. The normalized spacial score (nSPS) is 12.0. The molecule has 0 saturated heterocycles. The zero-order valence-corrected chi connectivity index (χ0v) is 14.0. The van der Waals surface area contributed by atoms with Crippen molar-refractivity contribution in [3.8, 4) is 28.4 Å². The van der Waals surface area contributed by atoms with Gasteiger partial charge >= 0.3 is 0 Å². The van der Waals surface area contributed by atoms with Crippen molar-refractivity contribution < 1.29 is 14.2 Å². The Morgan fingerprint density at radius 2 is 1.72 bits per heavy atom. The van der Waals surface area contributed by atoms with Crippen LogP contribution in [0.25, 0.3) is 11.1 Å². The number of fused-ring (bicyclic) bond motifs is 1. The fourth-order valence-electron chi connectivity index (χ4n) is 2.90. The summed E-state index contributed by atoms with van der Waals surface area (Å²) in [6.45, 7) is 0.963. The van der Waals surface area contributed by atoms with E-state index in [-0.39, 0.29) is 0 Å². The molecule has 0 aromatic heterocycles. The Kier molecular flexibility index (Phi) is 4.17. The molecule has 0 bridgehead atoms. The van der Waals surface area contributed by atoms with Crippen molar-refractivity contribution >= 4 is 5.69 Å². The van der Waals surface area contributed by atoms with Crippen LogP contribution in [-0.4, -0.2) is 13.9 Å². The Labute approximate surface area is 147 Å². The summed E-state index contributed by atoms with van der Waals surface area (Å²) < 4.78 is 16.3. The zero-order chi connectivity index (χ0) is 17.1. The molecule has 0 amide bonds. The second-order valence-electron chi connectivity index (χ2n) is 5.82. The molecule has 4 rings (SSSR count). The van der Waals surface area contributed by atoms with Gasteiger partial charge < -0.3 is 19.5 Å². The van der Waals surface area contributed by atoms with Crippen molar-refractivity contribution in [1.82, 2.24) is 0 Å². The monoisotopic (exact) mass is 333 g/mol. The van der Waals surface area contributed by atoms with Gasteiger partial charge in [0.2, 0.25) is 6.79 Å². The molecular formula is C21H19NO3. The van der Waals surface area contributed by atoms with Gasteiger partial charge in [-0.15, -0.1) is 0 Å². The van der Waals surface area contributed by atoms with Gasteiger partial charge in [-0.2, -0.15) is 0 Å². The van der Waals surface area contributed by atoms with Gasteiger partial charge in [0.1, 0.15) is 5.75 Å². The summed E-state index contributed by atoms with van der Waals surface area (Å²) in [5, 5.41) is 3.46. The standard InChI is InChI=1S/C21H19NO3/c1-23-19-10-8-17(16-5-3-2-4-6-16)12-18(19)22-13-15-7-9-20-21(11-15)25-14-24-20/h2-12,22H,13-14H2,1H3. The van der Waals surface area contributed by atoms with E-state index in [1.807, 2.05) is 42.5 Å². The van der Waals surface area contributed by atoms with Crippen LogP contribution in [0.5, 0.6) is 17.2 Å². The maximum atomic E-state index is 5.49. The molecule has 0 saturated carbocycles. The number of anilines is 1.